The quantitative estimate of drug-likeness (QED) is 0.172. The summed E-state index contributed by atoms with van der Waals surface area (Å²) in [6.45, 7) is 0. The molecule has 0 saturated carbocycles. The van der Waals surface area contributed by atoms with Crippen molar-refractivity contribution in [2.24, 2.45) is 0 Å². The van der Waals surface area contributed by atoms with Gasteiger partial charge in [-0.15, -0.1) is 11.3 Å². The topological polar surface area (TPSA) is 26.3 Å². The van der Waals surface area contributed by atoms with Crippen molar-refractivity contribution in [2.45, 2.75) is 0 Å². The van der Waals surface area contributed by atoms with E-state index in [0.29, 0.717) is 0 Å². The summed E-state index contributed by atoms with van der Waals surface area (Å²) in [6, 6.07) is 56.8. The molecule has 0 fully saturated rings. The highest BCUT2D eigenvalue weighted by Gasteiger charge is 2.22. The predicted octanol–water partition coefficient (Wildman–Crippen LogP) is 14.6. The molecular formula is C48H26O2S. The van der Waals surface area contributed by atoms with Gasteiger partial charge in [-0.25, -0.2) is 0 Å². The maximum absolute atomic E-state index is 6.67. The van der Waals surface area contributed by atoms with Crippen LogP contribution in [0.3, 0.4) is 0 Å². The molecule has 3 heterocycles. The first-order valence-corrected chi connectivity index (χ1v) is 18.2. The fourth-order valence-corrected chi connectivity index (χ4v) is 10.0. The van der Waals surface area contributed by atoms with E-state index >= 15 is 0 Å². The molecule has 0 radical (unpaired) electrons. The second kappa shape index (κ2) is 10.1. The Bertz CT molecular complexity index is 3370. The number of fused-ring (bicyclic) bond motifs is 15. The van der Waals surface area contributed by atoms with Crippen molar-refractivity contribution < 1.29 is 8.83 Å². The van der Waals surface area contributed by atoms with Gasteiger partial charge in [0.05, 0.1) is 0 Å². The molecule has 0 bridgehead atoms. The van der Waals surface area contributed by atoms with E-state index in [1.807, 2.05) is 17.4 Å². The summed E-state index contributed by atoms with van der Waals surface area (Å²) in [4.78, 5) is 0. The van der Waals surface area contributed by atoms with Crippen molar-refractivity contribution >= 4 is 108 Å². The lowest BCUT2D eigenvalue weighted by molar-refractivity contribution is 0.670. The standard InChI is InChI=1S/C48H26O2S/c1-3-15-31-29(13-1)42(30-14-2-4-16-32(30)43(31)38-21-11-20-34-28-12-7-9-22-39(28)49-46(34)38)27-24-25-37-41(26-27)51-48-35-18-6-5-17-33(35)44-36-19-8-10-23-40(36)50-47(44)45(37)48/h1-26H. The summed E-state index contributed by atoms with van der Waals surface area (Å²) in [5, 5.41) is 14.5. The Morgan fingerprint density at radius 3 is 1.63 bits per heavy atom. The van der Waals surface area contributed by atoms with Crippen LogP contribution >= 0.6 is 11.3 Å². The van der Waals surface area contributed by atoms with Crippen LogP contribution < -0.4 is 0 Å². The van der Waals surface area contributed by atoms with Crippen molar-refractivity contribution in [2.75, 3.05) is 0 Å². The van der Waals surface area contributed by atoms with Gasteiger partial charge in [-0.2, -0.15) is 0 Å². The van der Waals surface area contributed by atoms with E-state index in [0.717, 1.165) is 44.1 Å². The monoisotopic (exact) mass is 666 g/mol. The van der Waals surface area contributed by atoms with Crippen LogP contribution in [0.1, 0.15) is 0 Å². The van der Waals surface area contributed by atoms with Crippen LogP contribution in [0.25, 0.3) is 119 Å². The zero-order valence-electron chi connectivity index (χ0n) is 27.2. The number of hydrogen-bond donors (Lipinski definition) is 0. The number of benzene rings is 9. The third-order valence-electron chi connectivity index (χ3n) is 10.8. The van der Waals surface area contributed by atoms with E-state index in [1.165, 1.54) is 74.6 Å². The number of furan rings is 2. The highest BCUT2D eigenvalue weighted by atomic mass is 32.1. The molecule has 2 nitrogen and oxygen atoms in total. The number of para-hydroxylation sites is 3. The first-order valence-electron chi connectivity index (χ1n) is 17.3. The molecule has 0 amide bonds. The highest BCUT2D eigenvalue weighted by molar-refractivity contribution is 7.27. The Morgan fingerprint density at radius 1 is 0.353 bits per heavy atom. The second-order valence-electron chi connectivity index (χ2n) is 13.5. The fourth-order valence-electron chi connectivity index (χ4n) is 8.73. The normalized spacial score (nSPS) is 12.3. The Morgan fingerprint density at radius 2 is 0.902 bits per heavy atom. The molecule has 0 unspecified atom stereocenters. The summed E-state index contributed by atoms with van der Waals surface area (Å²) in [6.07, 6.45) is 0. The lowest BCUT2D eigenvalue weighted by atomic mass is 9.85. The van der Waals surface area contributed by atoms with Gasteiger partial charge in [-0.1, -0.05) is 140 Å². The predicted molar refractivity (Wildman–Crippen MR) is 217 cm³/mol. The average Bonchev–Trinajstić information content (AvgIpc) is 3.88. The number of rotatable bonds is 2. The summed E-state index contributed by atoms with van der Waals surface area (Å²) in [7, 11) is 0. The summed E-state index contributed by atoms with van der Waals surface area (Å²) >= 11 is 1.87. The molecule has 12 aromatic rings. The molecule has 3 aromatic heterocycles. The Kier molecular flexibility index (Phi) is 5.41. The molecule has 0 aliphatic carbocycles. The zero-order chi connectivity index (χ0) is 33.2. The van der Waals surface area contributed by atoms with E-state index < -0.39 is 0 Å². The van der Waals surface area contributed by atoms with Gasteiger partial charge in [0.15, 0.2) is 0 Å². The second-order valence-corrected chi connectivity index (χ2v) is 14.5. The van der Waals surface area contributed by atoms with E-state index in [4.69, 9.17) is 8.83 Å². The minimum Gasteiger partial charge on any atom is -0.455 e. The lowest BCUT2D eigenvalue weighted by Gasteiger charge is -2.18. The molecule has 236 valence electrons. The van der Waals surface area contributed by atoms with Crippen LogP contribution in [0.15, 0.2) is 167 Å². The van der Waals surface area contributed by atoms with Crippen molar-refractivity contribution in [3.05, 3.63) is 158 Å². The van der Waals surface area contributed by atoms with Gasteiger partial charge in [-0.3, -0.25) is 0 Å². The summed E-state index contributed by atoms with van der Waals surface area (Å²) in [5.74, 6) is 0. The Balaban J connectivity index is 1.17. The van der Waals surface area contributed by atoms with E-state index in [9.17, 15) is 0 Å². The third kappa shape index (κ3) is 3.65. The maximum atomic E-state index is 6.67. The van der Waals surface area contributed by atoms with Gasteiger partial charge in [0, 0.05) is 58.2 Å². The van der Waals surface area contributed by atoms with Crippen LogP contribution in [0, 0.1) is 0 Å². The molecule has 3 heteroatoms. The van der Waals surface area contributed by atoms with Crippen LogP contribution in [-0.2, 0) is 0 Å². The molecule has 0 aliphatic rings. The van der Waals surface area contributed by atoms with Crippen LogP contribution in [0.4, 0.5) is 0 Å². The summed E-state index contributed by atoms with van der Waals surface area (Å²) in [5.41, 5.74) is 8.52. The van der Waals surface area contributed by atoms with Crippen molar-refractivity contribution in [3.63, 3.8) is 0 Å². The molecule has 9 aromatic carbocycles. The molecule has 0 atom stereocenters. The Labute approximate surface area is 295 Å². The van der Waals surface area contributed by atoms with E-state index in [1.54, 1.807) is 0 Å². The highest BCUT2D eigenvalue weighted by Crippen LogP contribution is 2.50. The number of thiophene rings is 1. The SMILES string of the molecule is c1ccc2c(c1)oc1c(-c3c4ccccc4c(-c4ccc5c(c4)sc4c6ccccc6c6c7ccccc7oc6c54)c4ccccc34)cccc12. The van der Waals surface area contributed by atoms with Crippen molar-refractivity contribution in [1.82, 2.24) is 0 Å². The van der Waals surface area contributed by atoms with Crippen LogP contribution in [-0.4, -0.2) is 0 Å². The molecular weight excluding hydrogens is 641 g/mol. The molecule has 0 saturated heterocycles. The molecule has 12 rings (SSSR count). The minimum absolute atomic E-state index is 0.912. The van der Waals surface area contributed by atoms with Gasteiger partial charge < -0.3 is 8.83 Å². The minimum atomic E-state index is 0.912. The number of hydrogen-bond acceptors (Lipinski definition) is 3. The van der Waals surface area contributed by atoms with Gasteiger partial charge in [0.1, 0.15) is 22.3 Å². The zero-order valence-corrected chi connectivity index (χ0v) is 28.1. The van der Waals surface area contributed by atoms with Gasteiger partial charge in [0.2, 0.25) is 0 Å². The van der Waals surface area contributed by atoms with Gasteiger partial charge in [0.25, 0.3) is 0 Å². The first kappa shape index (κ1) is 27.4. The molecule has 51 heavy (non-hydrogen) atoms. The van der Waals surface area contributed by atoms with Gasteiger partial charge in [-0.05, 0) is 56.3 Å². The largest absolute Gasteiger partial charge is 0.455 e. The fraction of sp³-hybridized carbons (Fsp3) is 0. The third-order valence-corrected chi connectivity index (χ3v) is 12.0. The van der Waals surface area contributed by atoms with Crippen LogP contribution in [0.5, 0.6) is 0 Å². The van der Waals surface area contributed by atoms with Crippen molar-refractivity contribution in [3.8, 4) is 22.3 Å². The average molecular weight is 667 g/mol. The summed E-state index contributed by atoms with van der Waals surface area (Å²) < 4.78 is 15.8. The molecule has 0 N–H and O–H groups in total. The van der Waals surface area contributed by atoms with E-state index in [2.05, 4.69) is 152 Å². The smallest absolute Gasteiger partial charge is 0.145 e. The Hall–Kier alpha value is -6.42. The van der Waals surface area contributed by atoms with Gasteiger partial charge >= 0.3 is 0 Å². The molecule has 0 spiro atoms. The van der Waals surface area contributed by atoms with Crippen molar-refractivity contribution in [1.29, 1.82) is 0 Å². The molecule has 0 aliphatic heterocycles. The lowest BCUT2D eigenvalue weighted by Crippen LogP contribution is -1.91. The van der Waals surface area contributed by atoms with E-state index in [-0.39, 0.29) is 0 Å². The first-order chi connectivity index (χ1) is 25.3. The van der Waals surface area contributed by atoms with Crippen LogP contribution in [0.2, 0.25) is 0 Å². The maximum Gasteiger partial charge on any atom is 0.145 e.